The van der Waals surface area contributed by atoms with E-state index in [1.165, 1.54) is 5.56 Å². The van der Waals surface area contributed by atoms with Gasteiger partial charge in [0.25, 0.3) is 0 Å². The first-order valence-electron chi connectivity index (χ1n) is 19.3. The number of hydrogen-bond donors (Lipinski definition) is 4. The Balaban J connectivity index is 2.23. The van der Waals surface area contributed by atoms with Crippen LogP contribution in [-0.2, 0) is 39.8 Å². The van der Waals surface area contributed by atoms with Crippen LogP contribution in [0.4, 0.5) is 4.79 Å². The van der Waals surface area contributed by atoms with Gasteiger partial charge in [-0.3, -0.25) is 14.4 Å². The van der Waals surface area contributed by atoms with E-state index < -0.39 is 23.7 Å². The highest BCUT2D eigenvalue weighted by Crippen LogP contribution is 2.19. The number of ether oxygens (including phenoxy) is 3. The molecular weight excluding hydrogens is 676 g/mol. The molecule has 0 aliphatic rings. The summed E-state index contributed by atoms with van der Waals surface area (Å²) in [6.07, 6.45) is 3.89. The molecule has 0 radical (unpaired) electrons. The summed E-state index contributed by atoms with van der Waals surface area (Å²) in [5.41, 5.74) is 1.15. The summed E-state index contributed by atoms with van der Waals surface area (Å²) in [6, 6.07) is 7.40. The minimum atomic E-state index is -0.832. The molecule has 12 heteroatoms. The summed E-state index contributed by atoms with van der Waals surface area (Å²) in [7, 11) is 0. The fourth-order valence-electron chi connectivity index (χ4n) is 4.98. The topological polar surface area (TPSA) is 161 Å². The highest BCUT2D eigenvalue weighted by Gasteiger charge is 2.26. The van der Waals surface area contributed by atoms with Gasteiger partial charge < -0.3 is 35.5 Å². The molecule has 0 aliphatic heterocycles. The molecule has 4 N–H and O–H groups in total. The molecule has 0 saturated heterocycles. The van der Waals surface area contributed by atoms with Crippen LogP contribution in [0.2, 0.25) is 0 Å². The second kappa shape index (κ2) is 23.9. The van der Waals surface area contributed by atoms with E-state index in [1.807, 2.05) is 34.6 Å². The molecule has 12 nitrogen and oxygen atoms in total. The summed E-state index contributed by atoms with van der Waals surface area (Å²) in [5, 5.41) is 11.5. The van der Waals surface area contributed by atoms with E-state index in [0.717, 1.165) is 5.56 Å². The van der Waals surface area contributed by atoms with E-state index in [4.69, 9.17) is 14.2 Å². The Hall–Kier alpha value is -3.67. The summed E-state index contributed by atoms with van der Waals surface area (Å²) >= 11 is 0. The predicted molar refractivity (Wildman–Crippen MR) is 208 cm³/mol. The molecule has 0 spiro atoms. The molecular formula is C41H70N4O8. The number of hydrogen-bond acceptors (Lipinski definition) is 8. The van der Waals surface area contributed by atoms with E-state index in [2.05, 4.69) is 59.4 Å². The number of esters is 1. The fourth-order valence-corrected chi connectivity index (χ4v) is 4.98. The summed E-state index contributed by atoms with van der Waals surface area (Å²) in [4.78, 5) is 62.0. The van der Waals surface area contributed by atoms with Gasteiger partial charge in [0.1, 0.15) is 11.6 Å². The molecule has 0 heterocycles. The lowest BCUT2D eigenvalue weighted by atomic mass is 9.93. The van der Waals surface area contributed by atoms with Crippen molar-refractivity contribution < 1.29 is 38.2 Å². The number of benzene rings is 1. The first-order chi connectivity index (χ1) is 24.7. The van der Waals surface area contributed by atoms with E-state index in [0.29, 0.717) is 90.6 Å². The Morgan fingerprint density at radius 1 is 0.698 bits per heavy atom. The molecule has 1 aromatic carbocycles. The molecule has 0 fully saturated rings. The van der Waals surface area contributed by atoms with Gasteiger partial charge in [0.05, 0.1) is 19.8 Å². The van der Waals surface area contributed by atoms with Crippen molar-refractivity contribution in [3.05, 3.63) is 35.4 Å². The number of carbonyl (C=O) groups is 5. The second-order valence-corrected chi connectivity index (χ2v) is 17.1. The quantitative estimate of drug-likeness (QED) is 0.0683. The van der Waals surface area contributed by atoms with Crippen LogP contribution in [-0.4, -0.2) is 80.9 Å². The minimum absolute atomic E-state index is 0.0253. The van der Waals surface area contributed by atoms with Crippen LogP contribution in [0, 0.1) is 23.7 Å². The first kappa shape index (κ1) is 47.4. The number of carbonyl (C=O) groups excluding carboxylic acids is 5. The zero-order valence-electron chi connectivity index (χ0n) is 34.3. The Kier molecular flexibility index (Phi) is 21.3. The Labute approximate surface area is 319 Å². The molecule has 1 atom stereocenters. The molecule has 0 saturated carbocycles. The Morgan fingerprint density at radius 3 is 1.75 bits per heavy atom. The van der Waals surface area contributed by atoms with Crippen molar-refractivity contribution in [1.29, 1.82) is 0 Å². The maximum atomic E-state index is 12.6. The van der Waals surface area contributed by atoms with Crippen LogP contribution in [0.3, 0.4) is 0 Å². The molecule has 53 heavy (non-hydrogen) atoms. The Bertz CT molecular complexity index is 1270. The number of nitrogens with one attached hydrogen (secondary N) is 4. The van der Waals surface area contributed by atoms with Crippen molar-refractivity contribution in [2.45, 2.75) is 139 Å². The van der Waals surface area contributed by atoms with Crippen molar-refractivity contribution in [3.63, 3.8) is 0 Å². The largest absolute Gasteiger partial charge is 0.464 e. The normalized spacial score (nSPS) is 12.5. The molecule has 1 rings (SSSR count). The van der Waals surface area contributed by atoms with Crippen LogP contribution in [0.25, 0.3) is 0 Å². The number of aryl methyl sites for hydroxylation is 2. The van der Waals surface area contributed by atoms with Crippen molar-refractivity contribution in [1.82, 2.24) is 21.3 Å². The van der Waals surface area contributed by atoms with Crippen molar-refractivity contribution in [2.24, 2.45) is 16.7 Å². The fraction of sp³-hybridized carbons (Fsp3) is 0.732. The third-order valence-electron chi connectivity index (χ3n) is 8.11. The minimum Gasteiger partial charge on any atom is -0.464 e. The second-order valence-electron chi connectivity index (χ2n) is 17.1. The van der Waals surface area contributed by atoms with Crippen LogP contribution >= 0.6 is 0 Å². The zero-order chi connectivity index (χ0) is 40.1. The molecule has 0 bridgehead atoms. The number of rotatable bonds is 25. The van der Waals surface area contributed by atoms with Gasteiger partial charge in [-0.15, -0.1) is 0 Å². The van der Waals surface area contributed by atoms with Crippen LogP contribution in [0.15, 0.2) is 24.3 Å². The van der Waals surface area contributed by atoms with Crippen LogP contribution < -0.4 is 21.3 Å². The van der Waals surface area contributed by atoms with Gasteiger partial charge in [-0.2, -0.15) is 0 Å². The molecule has 0 aliphatic carbocycles. The third-order valence-corrected chi connectivity index (χ3v) is 8.11. The van der Waals surface area contributed by atoms with Crippen molar-refractivity contribution >= 4 is 29.8 Å². The van der Waals surface area contributed by atoms with E-state index in [1.54, 1.807) is 20.8 Å². The third kappa shape index (κ3) is 25.1. The molecule has 302 valence electrons. The van der Waals surface area contributed by atoms with Gasteiger partial charge in [-0.1, -0.05) is 71.4 Å². The Morgan fingerprint density at radius 2 is 1.23 bits per heavy atom. The summed E-state index contributed by atoms with van der Waals surface area (Å²) < 4.78 is 16.6. The van der Waals surface area contributed by atoms with E-state index in [-0.39, 0.29) is 41.1 Å². The van der Waals surface area contributed by atoms with E-state index in [9.17, 15) is 24.0 Å². The monoisotopic (exact) mass is 747 g/mol. The standard InChI is InChI=1S/C41H70N4O8/c1-30(2)25-52-37(49)33(45-38(50)53-39(4,5)6)15-13-14-24-42-34(46)16-11-12-17-35(47)43-26-40(7,8)28-51-29-41(9,10)27-44-36(48)23-22-32-20-18-31(3)19-21-32/h18-21,30,33H,11-17,22-29H2,1-10H3,(H,42,46)(H,43,47)(H,44,48)(H,45,50)/t33-/m0/s1. The molecule has 0 unspecified atom stereocenters. The smallest absolute Gasteiger partial charge is 0.408 e. The van der Waals surface area contributed by atoms with Gasteiger partial charge in [-0.05, 0) is 77.7 Å². The number of unbranched alkanes of at least 4 members (excludes halogenated alkanes) is 2. The highest BCUT2D eigenvalue weighted by molar-refractivity contribution is 5.81. The van der Waals surface area contributed by atoms with Gasteiger partial charge in [0.15, 0.2) is 0 Å². The summed E-state index contributed by atoms with van der Waals surface area (Å²) in [5.74, 6) is -0.460. The van der Waals surface area contributed by atoms with Crippen molar-refractivity contribution in [2.75, 3.05) is 39.5 Å². The van der Waals surface area contributed by atoms with E-state index >= 15 is 0 Å². The van der Waals surface area contributed by atoms with Gasteiger partial charge in [0, 0.05) is 49.7 Å². The molecule has 0 aromatic heterocycles. The van der Waals surface area contributed by atoms with Crippen molar-refractivity contribution in [3.8, 4) is 0 Å². The van der Waals surface area contributed by atoms with Gasteiger partial charge >= 0.3 is 12.1 Å². The number of amides is 4. The lowest BCUT2D eigenvalue weighted by molar-refractivity contribution is -0.147. The predicted octanol–water partition coefficient (Wildman–Crippen LogP) is 6.17. The van der Waals surface area contributed by atoms with Crippen LogP contribution in [0.5, 0.6) is 0 Å². The van der Waals surface area contributed by atoms with Gasteiger partial charge in [0.2, 0.25) is 17.7 Å². The lowest BCUT2D eigenvalue weighted by Crippen LogP contribution is -2.44. The highest BCUT2D eigenvalue weighted by atomic mass is 16.6. The van der Waals surface area contributed by atoms with Crippen LogP contribution in [0.1, 0.15) is 125 Å². The first-order valence-corrected chi connectivity index (χ1v) is 19.3. The average molecular weight is 747 g/mol. The molecule has 1 aromatic rings. The maximum Gasteiger partial charge on any atom is 0.408 e. The number of alkyl carbamates (subject to hydrolysis) is 1. The lowest BCUT2D eigenvalue weighted by Gasteiger charge is -2.29. The summed E-state index contributed by atoms with van der Waals surface area (Å²) in [6.45, 7) is 22.0. The maximum absolute atomic E-state index is 12.6. The molecule has 4 amide bonds. The zero-order valence-corrected chi connectivity index (χ0v) is 34.3. The van der Waals surface area contributed by atoms with Gasteiger partial charge in [-0.25, -0.2) is 9.59 Å². The average Bonchev–Trinajstić information content (AvgIpc) is 3.05. The SMILES string of the molecule is Cc1ccc(CCC(=O)NCC(C)(C)COCC(C)(C)CNC(=O)CCCCC(=O)NCCCC[C@H](NC(=O)OC(C)(C)C)C(=O)OCC(C)C)cc1.